The number of likely N-dealkylation sites (tertiary alicyclic amines) is 2. The fraction of sp³-hybridized carbons (Fsp3) is 0.778. The number of carbonyl (C=O) groups excluding carboxylic acids is 1. The highest BCUT2D eigenvalue weighted by Gasteiger charge is 2.25. The average molecular weight is 363 g/mol. The zero-order valence-corrected chi connectivity index (χ0v) is 15.3. The van der Waals surface area contributed by atoms with Crippen LogP contribution in [0.3, 0.4) is 0 Å². The van der Waals surface area contributed by atoms with Crippen molar-refractivity contribution in [3.05, 3.63) is 11.9 Å². The number of hydrogen-bond donors (Lipinski definition) is 1. The van der Waals surface area contributed by atoms with Gasteiger partial charge in [-0.05, 0) is 44.7 Å². The van der Waals surface area contributed by atoms with Gasteiger partial charge in [-0.25, -0.2) is 4.79 Å². The summed E-state index contributed by atoms with van der Waals surface area (Å²) in [5, 5.41) is 16.5. The summed E-state index contributed by atoms with van der Waals surface area (Å²) < 4.78 is 1.58. The summed E-state index contributed by atoms with van der Waals surface area (Å²) in [7, 11) is 0. The summed E-state index contributed by atoms with van der Waals surface area (Å²) in [5.41, 5.74) is -0.0363. The van der Waals surface area contributed by atoms with E-state index >= 15 is 0 Å². The summed E-state index contributed by atoms with van der Waals surface area (Å²) in [6, 6.07) is 0. The molecule has 0 aliphatic carbocycles. The maximum Gasteiger partial charge on any atom is 0.358 e. The van der Waals surface area contributed by atoms with Crippen molar-refractivity contribution >= 4 is 11.9 Å². The van der Waals surface area contributed by atoms with Gasteiger partial charge in [0, 0.05) is 19.6 Å². The Balaban J connectivity index is 1.50. The zero-order chi connectivity index (χ0) is 18.4. The molecule has 0 radical (unpaired) electrons. The van der Waals surface area contributed by atoms with Gasteiger partial charge in [0.05, 0.1) is 12.7 Å². The lowest BCUT2D eigenvalue weighted by Crippen LogP contribution is -2.46. The molecule has 3 rings (SSSR count). The van der Waals surface area contributed by atoms with E-state index in [0.717, 1.165) is 39.0 Å². The quantitative estimate of drug-likeness (QED) is 0.852. The molecule has 1 aromatic heterocycles. The van der Waals surface area contributed by atoms with E-state index in [1.165, 1.54) is 38.3 Å². The summed E-state index contributed by atoms with van der Waals surface area (Å²) in [5.74, 6) is -0.548. The fourth-order valence-corrected chi connectivity index (χ4v) is 3.95. The first-order valence-electron chi connectivity index (χ1n) is 9.75. The number of rotatable bonds is 5. The molecule has 2 saturated heterocycles. The van der Waals surface area contributed by atoms with Crippen molar-refractivity contribution in [3.63, 3.8) is 0 Å². The molecule has 3 heterocycles. The molecule has 2 aliphatic heterocycles. The molecule has 8 heteroatoms. The molecule has 0 aromatic carbocycles. The van der Waals surface area contributed by atoms with E-state index in [4.69, 9.17) is 5.11 Å². The third-order valence-electron chi connectivity index (χ3n) is 5.38. The molecule has 26 heavy (non-hydrogen) atoms. The smallest absolute Gasteiger partial charge is 0.358 e. The lowest BCUT2D eigenvalue weighted by atomic mass is 9.98. The predicted octanol–water partition coefficient (Wildman–Crippen LogP) is 1.48. The van der Waals surface area contributed by atoms with Crippen molar-refractivity contribution < 1.29 is 14.7 Å². The van der Waals surface area contributed by atoms with Crippen molar-refractivity contribution in [2.75, 3.05) is 32.7 Å². The minimum absolute atomic E-state index is 0.0363. The maximum atomic E-state index is 12.7. The predicted molar refractivity (Wildman–Crippen MR) is 95.8 cm³/mol. The molecule has 1 atom stereocenters. The first kappa shape index (κ1) is 18.8. The molecule has 1 amide bonds. The summed E-state index contributed by atoms with van der Waals surface area (Å²) >= 11 is 0. The molecule has 2 fully saturated rings. The van der Waals surface area contributed by atoms with E-state index in [0.29, 0.717) is 19.0 Å². The number of nitrogens with zero attached hydrogens (tertiary/aromatic N) is 5. The van der Waals surface area contributed by atoms with E-state index in [1.807, 2.05) is 4.90 Å². The van der Waals surface area contributed by atoms with Gasteiger partial charge in [-0.15, -0.1) is 5.10 Å². The molecule has 0 unspecified atom stereocenters. The highest BCUT2D eigenvalue weighted by Crippen LogP contribution is 2.19. The topological polar surface area (TPSA) is 91.6 Å². The standard InChI is InChI=1S/C18H29N5O3/c24-17(14-21-8-4-2-1-3-5-9-21)22-10-6-7-15(11-22)12-23-13-16(18(25)26)19-20-23/h13,15H,1-12,14H2,(H,25,26)/t15-/m0/s1. The Morgan fingerprint density at radius 1 is 1.08 bits per heavy atom. The summed E-state index contributed by atoms with van der Waals surface area (Å²) in [6.45, 7) is 4.72. The minimum atomic E-state index is -1.06. The van der Waals surface area contributed by atoms with Crippen LogP contribution in [0, 0.1) is 5.92 Å². The monoisotopic (exact) mass is 363 g/mol. The molecule has 0 saturated carbocycles. The van der Waals surface area contributed by atoms with Crippen LogP contribution in [-0.4, -0.2) is 74.5 Å². The number of carboxylic acids is 1. The van der Waals surface area contributed by atoms with Gasteiger partial charge >= 0.3 is 5.97 Å². The molecular weight excluding hydrogens is 334 g/mol. The molecule has 1 N–H and O–H groups in total. The largest absolute Gasteiger partial charge is 0.476 e. The fourth-order valence-electron chi connectivity index (χ4n) is 3.95. The van der Waals surface area contributed by atoms with Crippen LogP contribution in [0.1, 0.15) is 55.4 Å². The van der Waals surface area contributed by atoms with Crippen molar-refractivity contribution in [1.82, 2.24) is 24.8 Å². The Hall–Kier alpha value is -1.96. The average Bonchev–Trinajstić information content (AvgIpc) is 3.06. The molecule has 0 bridgehead atoms. The highest BCUT2D eigenvalue weighted by atomic mass is 16.4. The van der Waals surface area contributed by atoms with Crippen LogP contribution in [0.5, 0.6) is 0 Å². The number of aromatic nitrogens is 3. The second-order valence-electron chi connectivity index (χ2n) is 7.52. The molecule has 1 aromatic rings. The third kappa shape index (κ3) is 5.27. The Kier molecular flexibility index (Phi) is 6.60. The SMILES string of the molecule is O=C(O)c1cn(C[C@H]2CCCN(C(=O)CN3CCCCCCC3)C2)nn1. The number of carbonyl (C=O) groups is 2. The maximum absolute atomic E-state index is 12.7. The van der Waals surface area contributed by atoms with E-state index < -0.39 is 5.97 Å². The van der Waals surface area contributed by atoms with Gasteiger partial charge in [-0.2, -0.15) is 0 Å². The lowest BCUT2D eigenvalue weighted by molar-refractivity contribution is -0.134. The first-order valence-corrected chi connectivity index (χ1v) is 9.75. The number of hydrogen-bond acceptors (Lipinski definition) is 5. The molecule has 8 nitrogen and oxygen atoms in total. The Labute approximate surface area is 154 Å². The second-order valence-corrected chi connectivity index (χ2v) is 7.52. The van der Waals surface area contributed by atoms with Gasteiger partial charge in [0.15, 0.2) is 5.69 Å². The first-order chi connectivity index (χ1) is 12.6. The molecule has 144 valence electrons. The summed E-state index contributed by atoms with van der Waals surface area (Å²) in [6.07, 6.45) is 9.71. The van der Waals surface area contributed by atoms with Crippen molar-refractivity contribution in [2.24, 2.45) is 5.92 Å². The number of amides is 1. The van der Waals surface area contributed by atoms with Gasteiger partial charge in [0.1, 0.15) is 0 Å². The number of carboxylic acid groups (broad SMARTS) is 1. The van der Waals surface area contributed by atoms with Crippen LogP contribution in [0.25, 0.3) is 0 Å². The van der Waals surface area contributed by atoms with Crippen LogP contribution in [0.2, 0.25) is 0 Å². The van der Waals surface area contributed by atoms with Crippen LogP contribution in [0.15, 0.2) is 6.20 Å². The third-order valence-corrected chi connectivity index (χ3v) is 5.38. The van der Waals surface area contributed by atoms with Crippen LogP contribution in [0.4, 0.5) is 0 Å². The second kappa shape index (κ2) is 9.12. The lowest BCUT2D eigenvalue weighted by Gasteiger charge is -2.34. The molecule has 0 spiro atoms. The van der Waals surface area contributed by atoms with Crippen molar-refractivity contribution in [1.29, 1.82) is 0 Å². The van der Waals surface area contributed by atoms with Gasteiger partial charge in [0.2, 0.25) is 5.91 Å². The van der Waals surface area contributed by atoms with Crippen LogP contribution in [-0.2, 0) is 11.3 Å². The minimum Gasteiger partial charge on any atom is -0.476 e. The van der Waals surface area contributed by atoms with Crippen molar-refractivity contribution in [2.45, 2.75) is 51.5 Å². The van der Waals surface area contributed by atoms with Gasteiger partial charge < -0.3 is 10.0 Å². The van der Waals surface area contributed by atoms with E-state index in [1.54, 1.807) is 4.68 Å². The number of aromatic carboxylic acids is 1. The normalized spacial score (nSPS) is 22.6. The highest BCUT2D eigenvalue weighted by molar-refractivity contribution is 5.84. The van der Waals surface area contributed by atoms with E-state index in [2.05, 4.69) is 15.2 Å². The van der Waals surface area contributed by atoms with Gasteiger partial charge in [-0.1, -0.05) is 24.5 Å². The van der Waals surface area contributed by atoms with Gasteiger partial charge in [-0.3, -0.25) is 14.4 Å². The summed E-state index contributed by atoms with van der Waals surface area (Å²) in [4.78, 5) is 27.9. The van der Waals surface area contributed by atoms with E-state index in [-0.39, 0.29) is 11.6 Å². The van der Waals surface area contributed by atoms with E-state index in [9.17, 15) is 9.59 Å². The van der Waals surface area contributed by atoms with Gasteiger partial charge in [0.25, 0.3) is 0 Å². The number of piperidine rings is 1. The Morgan fingerprint density at radius 3 is 2.50 bits per heavy atom. The zero-order valence-electron chi connectivity index (χ0n) is 15.3. The molecular formula is C18H29N5O3. The Bertz CT molecular complexity index is 610. The van der Waals surface area contributed by atoms with Crippen LogP contribution < -0.4 is 0 Å². The van der Waals surface area contributed by atoms with Crippen molar-refractivity contribution in [3.8, 4) is 0 Å². The molecule has 2 aliphatic rings. The van der Waals surface area contributed by atoms with Crippen LogP contribution >= 0.6 is 0 Å². The Morgan fingerprint density at radius 2 is 1.81 bits per heavy atom.